The number of nitrogens with one attached hydrogen (secondary N) is 1. The SMILES string of the molecule is CC(=O)Nc1ccc2cccc(S(=O)(=O)O)c2c1.O. The summed E-state index contributed by atoms with van der Waals surface area (Å²) in [5.74, 6) is -0.251. The van der Waals surface area contributed by atoms with Crippen LogP contribution in [-0.4, -0.2) is 24.4 Å². The van der Waals surface area contributed by atoms with Crippen LogP contribution >= 0.6 is 0 Å². The Morgan fingerprint density at radius 2 is 1.89 bits per heavy atom. The lowest BCUT2D eigenvalue weighted by Gasteiger charge is -2.07. The third-order valence-corrected chi connectivity index (χ3v) is 3.35. The van der Waals surface area contributed by atoms with Crippen LogP contribution < -0.4 is 5.32 Å². The molecule has 0 aliphatic carbocycles. The van der Waals surface area contributed by atoms with E-state index in [0.29, 0.717) is 16.5 Å². The molecule has 0 radical (unpaired) electrons. The van der Waals surface area contributed by atoms with Crippen molar-refractivity contribution in [2.75, 3.05) is 5.32 Å². The summed E-state index contributed by atoms with van der Waals surface area (Å²) in [7, 11) is -4.29. The lowest BCUT2D eigenvalue weighted by molar-refractivity contribution is -0.114. The van der Waals surface area contributed by atoms with Crippen molar-refractivity contribution in [3.8, 4) is 0 Å². The maximum Gasteiger partial charge on any atom is 0.295 e. The number of hydrogen-bond acceptors (Lipinski definition) is 3. The van der Waals surface area contributed by atoms with Gasteiger partial charge in [-0.25, -0.2) is 0 Å². The van der Waals surface area contributed by atoms with Crippen LogP contribution in [-0.2, 0) is 14.9 Å². The van der Waals surface area contributed by atoms with Crippen molar-refractivity contribution in [1.82, 2.24) is 0 Å². The molecule has 0 aliphatic rings. The van der Waals surface area contributed by atoms with Gasteiger partial charge in [-0.3, -0.25) is 9.35 Å². The molecule has 6 nitrogen and oxygen atoms in total. The van der Waals surface area contributed by atoms with E-state index in [4.69, 9.17) is 4.55 Å². The van der Waals surface area contributed by atoms with Gasteiger partial charge in [-0.05, 0) is 23.6 Å². The molecule has 0 aromatic heterocycles. The molecule has 102 valence electrons. The molecule has 4 N–H and O–H groups in total. The van der Waals surface area contributed by atoms with E-state index in [1.165, 1.54) is 19.1 Å². The smallest absolute Gasteiger partial charge is 0.295 e. The van der Waals surface area contributed by atoms with Gasteiger partial charge in [0.05, 0.1) is 0 Å². The molecule has 0 unspecified atom stereocenters. The molecule has 0 bridgehead atoms. The molecule has 0 saturated carbocycles. The number of anilines is 1. The van der Waals surface area contributed by atoms with Crippen molar-refractivity contribution in [3.63, 3.8) is 0 Å². The summed E-state index contributed by atoms with van der Waals surface area (Å²) in [6, 6.07) is 9.44. The van der Waals surface area contributed by atoms with E-state index >= 15 is 0 Å². The van der Waals surface area contributed by atoms with Gasteiger partial charge in [0.1, 0.15) is 4.90 Å². The van der Waals surface area contributed by atoms with Crippen molar-refractivity contribution in [3.05, 3.63) is 36.4 Å². The van der Waals surface area contributed by atoms with Gasteiger partial charge < -0.3 is 10.8 Å². The van der Waals surface area contributed by atoms with Gasteiger partial charge in [-0.15, -0.1) is 0 Å². The predicted molar refractivity (Wildman–Crippen MR) is 71.7 cm³/mol. The summed E-state index contributed by atoms with van der Waals surface area (Å²) in [4.78, 5) is 10.8. The minimum absolute atomic E-state index is 0. The number of benzene rings is 2. The van der Waals surface area contributed by atoms with Gasteiger partial charge in [-0.1, -0.05) is 18.2 Å². The molecular weight excluding hydrogens is 270 g/mol. The Bertz CT molecular complexity index is 724. The standard InChI is InChI=1S/C12H11NO4S.H2O/c1-8(14)13-10-6-5-9-3-2-4-12(11(9)7-10)18(15,16)17;/h2-7H,1H3,(H,13,14)(H,15,16,17);1H2. The fourth-order valence-electron chi connectivity index (χ4n) is 1.75. The first-order valence-corrected chi connectivity index (χ1v) is 6.60. The fourth-order valence-corrected chi connectivity index (χ4v) is 2.46. The lowest BCUT2D eigenvalue weighted by Crippen LogP contribution is -2.06. The third-order valence-electron chi connectivity index (χ3n) is 2.44. The van der Waals surface area contributed by atoms with Crippen molar-refractivity contribution in [1.29, 1.82) is 0 Å². The minimum atomic E-state index is -4.29. The molecule has 2 rings (SSSR count). The first-order chi connectivity index (χ1) is 8.38. The first kappa shape index (κ1) is 15.1. The lowest BCUT2D eigenvalue weighted by atomic mass is 10.1. The quantitative estimate of drug-likeness (QED) is 0.806. The van der Waals surface area contributed by atoms with Crippen molar-refractivity contribution < 1.29 is 23.2 Å². The molecule has 0 spiro atoms. The average Bonchev–Trinajstić information content (AvgIpc) is 2.26. The Balaban J connectivity index is 0.00000180. The molecule has 0 saturated heterocycles. The van der Waals surface area contributed by atoms with E-state index in [2.05, 4.69) is 5.32 Å². The van der Waals surface area contributed by atoms with Crippen LogP contribution in [0.4, 0.5) is 5.69 Å². The minimum Gasteiger partial charge on any atom is -0.412 e. The highest BCUT2D eigenvalue weighted by molar-refractivity contribution is 7.86. The van der Waals surface area contributed by atoms with E-state index in [1.807, 2.05) is 0 Å². The Morgan fingerprint density at radius 1 is 1.21 bits per heavy atom. The Morgan fingerprint density at radius 3 is 2.47 bits per heavy atom. The second kappa shape index (κ2) is 5.35. The van der Waals surface area contributed by atoms with Gasteiger partial charge in [0.15, 0.2) is 0 Å². The molecular formula is C12H13NO5S. The highest BCUT2D eigenvalue weighted by atomic mass is 32.2. The number of carbonyl (C=O) groups excluding carboxylic acids is 1. The summed E-state index contributed by atoms with van der Waals surface area (Å²) in [6.45, 7) is 1.36. The van der Waals surface area contributed by atoms with Crippen LogP contribution in [0.15, 0.2) is 41.3 Å². The predicted octanol–water partition coefficient (Wildman–Crippen LogP) is 1.22. The van der Waals surface area contributed by atoms with Crippen LogP contribution in [0.2, 0.25) is 0 Å². The zero-order valence-electron chi connectivity index (χ0n) is 10.0. The number of amides is 1. The topological polar surface area (TPSA) is 115 Å². The Labute approximate surface area is 110 Å². The highest BCUT2D eigenvalue weighted by Crippen LogP contribution is 2.25. The summed E-state index contributed by atoms with van der Waals surface area (Å²) in [5, 5.41) is 3.59. The van der Waals surface area contributed by atoms with Crippen molar-refractivity contribution in [2.45, 2.75) is 11.8 Å². The molecule has 19 heavy (non-hydrogen) atoms. The molecule has 2 aromatic rings. The van der Waals surface area contributed by atoms with Crippen LogP contribution in [0.25, 0.3) is 10.8 Å². The van der Waals surface area contributed by atoms with E-state index in [9.17, 15) is 13.2 Å². The van der Waals surface area contributed by atoms with Crippen LogP contribution in [0, 0.1) is 0 Å². The maximum absolute atomic E-state index is 11.2. The number of hydrogen-bond donors (Lipinski definition) is 2. The first-order valence-electron chi connectivity index (χ1n) is 5.16. The second-order valence-corrected chi connectivity index (χ2v) is 5.24. The van der Waals surface area contributed by atoms with E-state index in [0.717, 1.165) is 0 Å². The van der Waals surface area contributed by atoms with Gasteiger partial charge in [0, 0.05) is 18.0 Å². The summed E-state index contributed by atoms with van der Waals surface area (Å²) < 4.78 is 31.6. The highest BCUT2D eigenvalue weighted by Gasteiger charge is 2.13. The largest absolute Gasteiger partial charge is 0.412 e. The van der Waals surface area contributed by atoms with E-state index in [1.54, 1.807) is 24.3 Å². The van der Waals surface area contributed by atoms with Gasteiger partial charge in [-0.2, -0.15) is 8.42 Å². The number of rotatable bonds is 2. The summed E-state index contributed by atoms with van der Waals surface area (Å²) >= 11 is 0. The van der Waals surface area contributed by atoms with Crippen LogP contribution in [0.3, 0.4) is 0 Å². The molecule has 1 amide bonds. The summed E-state index contributed by atoms with van der Waals surface area (Å²) in [5.41, 5.74) is 0.478. The van der Waals surface area contributed by atoms with E-state index in [-0.39, 0.29) is 16.3 Å². The van der Waals surface area contributed by atoms with Crippen LogP contribution in [0.1, 0.15) is 6.92 Å². The zero-order chi connectivity index (χ0) is 13.3. The van der Waals surface area contributed by atoms with Crippen molar-refractivity contribution >= 4 is 32.5 Å². The molecule has 2 aromatic carbocycles. The summed E-state index contributed by atoms with van der Waals surface area (Å²) in [6.07, 6.45) is 0. The second-order valence-electron chi connectivity index (χ2n) is 3.85. The molecule has 7 heteroatoms. The Kier molecular flexibility index (Phi) is 4.25. The molecule has 0 heterocycles. The molecule has 0 atom stereocenters. The average molecular weight is 283 g/mol. The molecule has 0 aliphatic heterocycles. The van der Waals surface area contributed by atoms with Crippen LogP contribution in [0.5, 0.6) is 0 Å². The van der Waals surface area contributed by atoms with E-state index < -0.39 is 10.1 Å². The van der Waals surface area contributed by atoms with Gasteiger partial charge >= 0.3 is 0 Å². The zero-order valence-corrected chi connectivity index (χ0v) is 10.9. The normalized spacial score (nSPS) is 10.8. The number of carbonyl (C=O) groups is 1. The Hall–Kier alpha value is -1.96. The maximum atomic E-state index is 11.2. The van der Waals surface area contributed by atoms with Crippen molar-refractivity contribution in [2.24, 2.45) is 0 Å². The third kappa shape index (κ3) is 3.28. The molecule has 0 fully saturated rings. The van der Waals surface area contributed by atoms with Gasteiger partial charge in [0.2, 0.25) is 5.91 Å². The number of fused-ring (bicyclic) bond motifs is 1. The van der Waals surface area contributed by atoms with Gasteiger partial charge in [0.25, 0.3) is 10.1 Å². The fraction of sp³-hybridized carbons (Fsp3) is 0.0833. The monoisotopic (exact) mass is 283 g/mol.